The number of carbonyl (C=O) groups excluding carboxylic acids is 1. The quantitative estimate of drug-likeness (QED) is 0.268. The lowest BCUT2D eigenvalue weighted by Crippen LogP contribution is -2.54. The van der Waals surface area contributed by atoms with Gasteiger partial charge in [-0.25, -0.2) is 15.1 Å². The van der Waals surface area contributed by atoms with Crippen molar-refractivity contribution in [3.63, 3.8) is 0 Å². The molecule has 4 atom stereocenters. The van der Waals surface area contributed by atoms with Crippen LogP contribution in [0.15, 0.2) is 30.3 Å². The molecule has 31 heavy (non-hydrogen) atoms. The minimum Gasteiger partial charge on any atom is -0.473 e. The van der Waals surface area contributed by atoms with Crippen molar-refractivity contribution < 1.29 is 24.3 Å². The number of carboxylic acid groups (broad SMARTS) is 1. The lowest BCUT2D eigenvalue weighted by Gasteiger charge is -2.51. The zero-order valence-corrected chi connectivity index (χ0v) is 18.9. The normalized spacial score (nSPS) is 30.2. The van der Waals surface area contributed by atoms with Crippen molar-refractivity contribution in [2.45, 2.75) is 57.0 Å². The van der Waals surface area contributed by atoms with Gasteiger partial charge in [-0.05, 0) is 76.6 Å². The Morgan fingerprint density at radius 2 is 1.94 bits per heavy atom. The maximum Gasteiger partial charge on any atom is 0.417 e. The van der Waals surface area contributed by atoms with Crippen LogP contribution in [-0.2, 0) is 19.2 Å². The van der Waals surface area contributed by atoms with Crippen LogP contribution in [0.3, 0.4) is 0 Å². The molecule has 0 heterocycles. The molecule has 2 fully saturated rings. The Bertz CT molecular complexity index is 756. The second-order valence-corrected chi connectivity index (χ2v) is 9.55. The Balaban J connectivity index is 1.70. The van der Waals surface area contributed by atoms with Gasteiger partial charge in [0.25, 0.3) is 0 Å². The number of ether oxygens (including phenoxy) is 1. The number of hydrogen-bond donors (Lipinski definition) is 2. The molecule has 1 aromatic carbocycles. The SMILES string of the molecule is CN(C)CCCONCC1CCC2(OC(=O)C(=O)O)CC(c3ccccc3)CCC12C. The van der Waals surface area contributed by atoms with E-state index in [2.05, 4.69) is 29.4 Å². The summed E-state index contributed by atoms with van der Waals surface area (Å²) < 4.78 is 5.81. The molecule has 0 bridgehead atoms. The van der Waals surface area contributed by atoms with E-state index in [0.29, 0.717) is 26.0 Å². The predicted octanol–water partition coefficient (Wildman–Crippen LogP) is 3.21. The van der Waals surface area contributed by atoms with E-state index in [0.717, 1.165) is 32.2 Å². The number of esters is 1. The van der Waals surface area contributed by atoms with Crippen LogP contribution in [0.4, 0.5) is 0 Å². The zero-order chi connectivity index (χ0) is 22.5. The molecule has 0 aliphatic heterocycles. The first-order valence-electron chi connectivity index (χ1n) is 11.3. The molecule has 172 valence electrons. The van der Waals surface area contributed by atoms with Crippen LogP contribution in [-0.4, -0.2) is 61.3 Å². The number of nitrogens with zero attached hydrogens (tertiary/aromatic N) is 1. The van der Waals surface area contributed by atoms with Crippen LogP contribution < -0.4 is 5.48 Å². The summed E-state index contributed by atoms with van der Waals surface area (Å²) in [7, 11) is 4.08. The highest BCUT2D eigenvalue weighted by molar-refractivity contribution is 6.28. The van der Waals surface area contributed by atoms with Gasteiger partial charge in [0.2, 0.25) is 0 Å². The van der Waals surface area contributed by atoms with E-state index >= 15 is 0 Å². The summed E-state index contributed by atoms with van der Waals surface area (Å²) >= 11 is 0. The Kier molecular flexibility index (Phi) is 7.73. The van der Waals surface area contributed by atoms with Crippen LogP contribution in [0, 0.1) is 11.3 Å². The van der Waals surface area contributed by atoms with E-state index in [9.17, 15) is 14.7 Å². The molecule has 7 nitrogen and oxygen atoms in total. The average molecular weight is 433 g/mol. The van der Waals surface area contributed by atoms with Gasteiger partial charge in [-0.15, -0.1) is 0 Å². The fourth-order valence-corrected chi connectivity index (χ4v) is 5.58. The number of rotatable bonds is 9. The van der Waals surface area contributed by atoms with Crippen molar-refractivity contribution in [1.29, 1.82) is 0 Å². The number of aliphatic carboxylic acids is 1. The lowest BCUT2D eigenvalue weighted by atomic mass is 9.59. The summed E-state index contributed by atoms with van der Waals surface area (Å²) in [5.41, 5.74) is 3.29. The highest BCUT2D eigenvalue weighted by atomic mass is 16.6. The van der Waals surface area contributed by atoms with Gasteiger partial charge in [-0.1, -0.05) is 37.3 Å². The molecule has 2 aliphatic rings. The number of hydrogen-bond acceptors (Lipinski definition) is 6. The van der Waals surface area contributed by atoms with Crippen LogP contribution in [0.2, 0.25) is 0 Å². The molecule has 4 unspecified atom stereocenters. The molecule has 2 N–H and O–H groups in total. The van der Waals surface area contributed by atoms with Crippen LogP contribution in [0.1, 0.15) is 56.9 Å². The van der Waals surface area contributed by atoms with Crippen LogP contribution >= 0.6 is 0 Å². The van der Waals surface area contributed by atoms with Crippen molar-refractivity contribution >= 4 is 11.9 Å². The van der Waals surface area contributed by atoms with Gasteiger partial charge in [-0.2, -0.15) is 0 Å². The number of carboxylic acids is 1. The van der Waals surface area contributed by atoms with E-state index in [-0.39, 0.29) is 17.3 Å². The van der Waals surface area contributed by atoms with Crippen LogP contribution in [0.5, 0.6) is 0 Å². The predicted molar refractivity (Wildman–Crippen MR) is 117 cm³/mol. The fourth-order valence-electron chi connectivity index (χ4n) is 5.58. The maximum atomic E-state index is 12.2. The van der Waals surface area contributed by atoms with Crippen LogP contribution in [0.25, 0.3) is 0 Å². The van der Waals surface area contributed by atoms with E-state index in [1.165, 1.54) is 5.56 Å². The van der Waals surface area contributed by atoms with E-state index in [1.54, 1.807) is 0 Å². The van der Waals surface area contributed by atoms with Crippen molar-refractivity contribution in [2.75, 3.05) is 33.8 Å². The van der Waals surface area contributed by atoms with Gasteiger partial charge in [0.1, 0.15) is 5.60 Å². The number of benzene rings is 1. The average Bonchev–Trinajstić information content (AvgIpc) is 3.02. The van der Waals surface area contributed by atoms with Gasteiger partial charge in [0, 0.05) is 12.0 Å². The summed E-state index contributed by atoms with van der Waals surface area (Å²) in [5.74, 6) is -2.16. The molecule has 2 saturated carbocycles. The number of nitrogens with one attached hydrogen (secondary N) is 1. The summed E-state index contributed by atoms with van der Waals surface area (Å²) in [4.78, 5) is 31.2. The number of fused-ring (bicyclic) bond motifs is 1. The van der Waals surface area contributed by atoms with E-state index in [4.69, 9.17) is 9.57 Å². The van der Waals surface area contributed by atoms with Gasteiger partial charge >= 0.3 is 11.9 Å². The third-order valence-electron chi connectivity index (χ3n) is 7.44. The standard InChI is InChI=1S/C24H36N2O5/c1-23-12-10-19(18-8-5-4-6-9-18)16-24(23,31-22(29)21(27)28)13-11-20(23)17-25-30-15-7-14-26(2)3/h4-6,8-9,19-20,25H,7,10-17H2,1-3H3,(H,27,28). The first-order chi connectivity index (χ1) is 14.8. The third-order valence-corrected chi connectivity index (χ3v) is 7.44. The third kappa shape index (κ3) is 5.27. The van der Waals surface area contributed by atoms with Crippen molar-refractivity contribution in [1.82, 2.24) is 10.4 Å². The minimum absolute atomic E-state index is 0.250. The first-order valence-corrected chi connectivity index (χ1v) is 11.3. The van der Waals surface area contributed by atoms with Gasteiger partial charge in [0.05, 0.1) is 6.61 Å². The molecule has 0 saturated heterocycles. The number of carbonyl (C=O) groups is 2. The molecule has 1 aromatic rings. The van der Waals surface area contributed by atoms with E-state index < -0.39 is 17.5 Å². The maximum absolute atomic E-state index is 12.2. The minimum atomic E-state index is -1.52. The first kappa shape index (κ1) is 23.7. The Morgan fingerprint density at radius 3 is 2.61 bits per heavy atom. The Labute approximate surface area is 185 Å². The zero-order valence-electron chi connectivity index (χ0n) is 18.9. The molecule has 0 spiro atoms. The highest BCUT2D eigenvalue weighted by Crippen LogP contribution is 2.62. The lowest BCUT2D eigenvalue weighted by molar-refractivity contribution is -0.192. The topological polar surface area (TPSA) is 88.1 Å². The van der Waals surface area contributed by atoms with Crippen molar-refractivity contribution in [3.05, 3.63) is 35.9 Å². The van der Waals surface area contributed by atoms with Gasteiger partial charge in [-0.3, -0.25) is 0 Å². The molecular weight excluding hydrogens is 396 g/mol. The summed E-state index contributed by atoms with van der Waals surface area (Å²) in [6, 6.07) is 10.2. The van der Waals surface area contributed by atoms with Gasteiger partial charge in [0.15, 0.2) is 0 Å². The summed E-state index contributed by atoms with van der Waals surface area (Å²) in [6.07, 6.45) is 5.03. The van der Waals surface area contributed by atoms with E-state index in [1.807, 2.05) is 32.3 Å². The second-order valence-electron chi connectivity index (χ2n) is 9.55. The molecule has 0 radical (unpaired) electrons. The summed E-state index contributed by atoms with van der Waals surface area (Å²) in [5, 5.41) is 9.21. The molecule has 3 rings (SSSR count). The largest absolute Gasteiger partial charge is 0.473 e. The van der Waals surface area contributed by atoms with Gasteiger partial charge < -0.3 is 19.6 Å². The number of hydroxylamine groups is 1. The Hall–Kier alpha value is -1.96. The highest BCUT2D eigenvalue weighted by Gasteiger charge is 2.62. The second kappa shape index (κ2) is 10.1. The molecule has 0 amide bonds. The molecular formula is C24H36N2O5. The van der Waals surface area contributed by atoms with Crippen molar-refractivity contribution in [3.8, 4) is 0 Å². The summed E-state index contributed by atoms with van der Waals surface area (Å²) in [6.45, 7) is 4.43. The molecule has 0 aromatic heterocycles. The monoisotopic (exact) mass is 432 g/mol. The molecule has 2 aliphatic carbocycles. The smallest absolute Gasteiger partial charge is 0.417 e. The van der Waals surface area contributed by atoms with Crippen molar-refractivity contribution in [2.24, 2.45) is 11.3 Å². The Morgan fingerprint density at radius 1 is 1.19 bits per heavy atom. The molecule has 7 heteroatoms. The fraction of sp³-hybridized carbons (Fsp3) is 0.667.